The van der Waals surface area contributed by atoms with E-state index in [1.807, 2.05) is 16.9 Å². The summed E-state index contributed by atoms with van der Waals surface area (Å²) in [7, 11) is 0. The lowest BCUT2D eigenvalue weighted by Crippen LogP contribution is -2.14. The second kappa shape index (κ2) is 6.02. The van der Waals surface area contributed by atoms with Gasteiger partial charge in [0.1, 0.15) is 0 Å². The van der Waals surface area contributed by atoms with E-state index in [1.54, 1.807) is 6.20 Å². The van der Waals surface area contributed by atoms with Crippen LogP contribution in [0.5, 0.6) is 0 Å². The average Bonchev–Trinajstić information content (AvgIpc) is 3.11. The van der Waals surface area contributed by atoms with Gasteiger partial charge in [0.2, 0.25) is 0 Å². The molecular formula is C16H21N3. The SMILES string of the molecule is c1cnn(-c2ccc(CNCCCC3CC3)cc2)c1. The molecule has 3 nitrogen and oxygen atoms in total. The van der Waals surface area contributed by atoms with Gasteiger partial charge in [0, 0.05) is 18.9 Å². The summed E-state index contributed by atoms with van der Waals surface area (Å²) in [5, 5.41) is 7.74. The lowest BCUT2D eigenvalue weighted by molar-refractivity contribution is 0.594. The Balaban J connectivity index is 1.43. The van der Waals surface area contributed by atoms with Crippen molar-refractivity contribution in [3.8, 4) is 5.69 Å². The minimum atomic E-state index is 0.962. The van der Waals surface area contributed by atoms with Crippen molar-refractivity contribution in [2.75, 3.05) is 6.54 Å². The Morgan fingerprint density at radius 1 is 1.21 bits per heavy atom. The molecule has 1 aliphatic rings. The lowest BCUT2D eigenvalue weighted by atomic mass is 10.2. The van der Waals surface area contributed by atoms with Crippen LogP contribution in [0.15, 0.2) is 42.7 Å². The van der Waals surface area contributed by atoms with E-state index in [0.717, 1.165) is 24.7 Å². The predicted molar refractivity (Wildman–Crippen MR) is 77.2 cm³/mol. The van der Waals surface area contributed by atoms with E-state index >= 15 is 0 Å². The summed E-state index contributed by atoms with van der Waals surface area (Å²) in [6.45, 7) is 2.10. The normalized spacial score (nSPS) is 14.7. The molecule has 19 heavy (non-hydrogen) atoms. The number of aromatic nitrogens is 2. The first kappa shape index (κ1) is 12.4. The summed E-state index contributed by atoms with van der Waals surface area (Å²) < 4.78 is 1.88. The molecule has 100 valence electrons. The summed E-state index contributed by atoms with van der Waals surface area (Å²) >= 11 is 0. The van der Waals surface area contributed by atoms with E-state index in [0.29, 0.717) is 0 Å². The van der Waals surface area contributed by atoms with Crippen LogP contribution in [-0.2, 0) is 6.54 Å². The maximum Gasteiger partial charge on any atom is 0.0645 e. The number of rotatable bonds is 7. The Kier molecular flexibility index (Phi) is 3.94. The van der Waals surface area contributed by atoms with E-state index in [-0.39, 0.29) is 0 Å². The molecule has 1 fully saturated rings. The van der Waals surface area contributed by atoms with E-state index in [2.05, 4.69) is 34.7 Å². The first-order valence-corrected chi connectivity index (χ1v) is 7.21. The molecule has 3 rings (SSSR count). The minimum Gasteiger partial charge on any atom is -0.313 e. The fraction of sp³-hybridized carbons (Fsp3) is 0.438. The van der Waals surface area contributed by atoms with Crippen LogP contribution >= 0.6 is 0 Å². The van der Waals surface area contributed by atoms with E-state index < -0.39 is 0 Å². The smallest absolute Gasteiger partial charge is 0.0645 e. The molecule has 1 aromatic carbocycles. The standard InChI is InChI=1S/C16H21N3/c1(3-14-4-5-14)10-17-13-15-6-8-16(9-7-15)19-12-2-11-18-19/h2,6-9,11-12,14,17H,1,3-5,10,13H2. The van der Waals surface area contributed by atoms with E-state index in [1.165, 1.54) is 31.2 Å². The third kappa shape index (κ3) is 3.67. The number of benzene rings is 1. The Bertz CT molecular complexity index is 483. The molecule has 0 saturated heterocycles. The molecule has 0 spiro atoms. The van der Waals surface area contributed by atoms with Gasteiger partial charge in [-0.05, 0) is 49.1 Å². The van der Waals surface area contributed by atoms with Crippen LogP contribution in [0.4, 0.5) is 0 Å². The number of hydrogen-bond donors (Lipinski definition) is 1. The molecule has 1 aliphatic carbocycles. The Hall–Kier alpha value is -1.61. The van der Waals surface area contributed by atoms with Crippen molar-refractivity contribution < 1.29 is 0 Å². The Morgan fingerprint density at radius 2 is 2.05 bits per heavy atom. The molecule has 1 N–H and O–H groups in total. The van der Waals surface area contributed by atoms with Crippen LogP contribution in [0.25, 0.3) is 5.69 Å². The Morgan fingerprint density at radius 3 is 2.74 bits per heavy atom. The van der Waals surface area contributed by atoms with Gasteiger partial charge >= 0.3 is 0 Å². The van der Waals surface area contributed by atoms with Gasteiger partial charge in [0.15, 0.2) is 0 Å². The van der Waals surface area contributed by atoms with Gasteiger partial charge < -0.3 is 5.32 Å². The quantitative estimate of drug-likeness (QED) is 0.770. The van der Waals surface area contributed by atoms with Crippen molar-refractivity contribution in [1.82, 2.24) is 15.1 Å². The fourth-order valence-corrected chi connectivity index (χ4v) is 2.34. The lowest BCUT2D eigenvalue weighted by Gasteiger charge is -2.06. The topological polar surface area (TPSA) is 29.9 Å². The molecule has 2 aromatic rings. The third-order valence-electron chi connectivity index (χ3n) is 3.70. The monoisotopic (exact) mass is 255 g/mol. The van der Waals surface area contributed by atoms with Gasteiger partial charge in [-0.2, -0.15) is 5.10 Å². The molecule has 0 amide bonds. The van der Waals surface area contributed by atoms with Crippen molar-refractivity contribution in [2.24, 2.45) is 5.92 Å². The summed E-state index contributed by atoms with van der Waals surface area (Å²) in [6.07, 6.45) is 9.42. The van der Waals surface area contributed by atoms with Gasteiger partial charge in [-0.15, -0.1) is 0 Å². The van der Waals surface area contributed by atoms with Crippen molar-refractivity contribution in [2.45, 2.75) is 32.2 Å². The molecule has 0 radical (unpaired) electrons. The Labute approximate surface area is 114 Å². The highest BCUT2D eigenvalue weighted by molar-refractivity contribution is 5.33. The van der Waals surface area contributed by atoms with Gasteiger partial charge in [-0.25, -0.2) is 4.68 Å². The highest BCUT2D eigenvalue weighted by Gasteiger charge is 2.19. The first-order valence-electron chi connectivity index (χ1n) is 7.21. The van der Waals surface area contributed by atoms with Crippen LogP contribution in [0.3, 0.4) is 0 Å². The molecule has 0 aliphatic heterocycles. The van der Waals surface area contributed by atoms with Crippen LogP contribution in [0.2, 0.25) is 0 Å². The molecule has 0 bridgehead atoms. The third-order valence-corrected chi connectivity index (χ3v) is 3.70. The van der Waals surface area contributed by atoms with Crippen molar-refractivity contribution in [1.29, 1.82) is 0 Å². The van der Waals surface area contributed by atoms with Crippen LogP contribution < -0.4 is 5.32 Å². The van der Waals surface area contributed by atoms with Crippen LogP contribution in [0, 0.1) is 5.92 Å². The minimum absolute atomic E-state index is 0.962. The molecule has 1 aromatic heterocycles. The number of hydrogen-bond acceptors (Lipinski definition) is 2. The number of nitrogens with zero attached hydrogens (tertiary/aromatic N) is 2. The summed E-state index contributed by atoms with van der Waals surface area (Å²) in [6, 6.07) is 10.5. The maximum atomic E-state index is 4.23. The maximum absolute atomic E-state index is 4.23. The van der Waals surface area contributed by atoms with Gasteiger partial charge in [0.25, 0.3) is 0 Å². The molecule has 0 atom stereocenters. The van der Waals surface area contributed by atoms with E-state index in [9.17, 15) is 0 Å². The second-order valence-corrected chi connectivity index (χ2v) is 5.38. The van der Waals surface area contributed by atoms with Gasteiger partial charge in [0.05, 0.1) is 5.69 Å². The fourth-order valence-electron chi connectivity index (χ4n) is 2.34. The van der Waals surface area contributed by atoms with Crippen LogP contribution in [-0.4, -0.2) is 16.3 Å². The largest absolute Gasteiger partial charge is 0.313 e. The molecule has 1 saturated carbocycles. The molecule has 3 heteroatoms. The molecular weight excluding hydrogens is 234 g/mol. The van der Waals surface area contributed by atoms with Gasteiger partial charge in [-0.3, -0.25) is 0 Å². The van der Waals surface area contributed by atoms with Gasteiger partial charge in [-0.1, -0.05) is 25.0 Å². The van der Waals surface area contributed by atoms with E-state index in [4.69, 9.17) is 0 Å². The first-order chi connectivity index (χ1) is 9.42. The summed E-state index contributed by atoms with van der Waals surface area (Å²) in [5.74, 6) is 1.05. The average molecular weight is 255 g/mol. The second-order valence-electron chi connectivity index (χ2n) is 5.38. The van der Waals surface area contributed by atoms with Crippen molar-refractivity contribution >= 4 is 0 Å². The highest BCUT2D eigenvalue weighted by Crippen LogP contribution is 2.33. The summed E-state index contributed by atoms with van der Waals surface area (Å²) in [5.41, 5.74) is 2.45. The zero-order chi connectivity index (χ0) is 12.9. The zero-order valence-corrected chi connectivity index (χ0v) is 11.3. The summed E-state index contributed by atoms with van der Waals surface area (Å²) in [4.78, 5) is 0. The van der Waals surface area contributed by atoms with Crippen molar-refractivity contribution in [3.05, 3.63) is 48.3 Å². The van der Waals surface area contributed by atoms with Crippen molar-refractivity contribution in [3.63, 3.8) is 0 Å². The number of nitrogens with one attached hydrogen (secondary N) is 1. The highest BCUT2D eigenvalue weighted by atomic mass is 15.3. The molecule has 0 unspecified atom stereocenters. The zero-order valence-electron chi connectivity index (χ0n) is 11.3. The van der Waals surface area contributed by atoms with Crippen LogP contribution in [0.1, 0.15) is 31.2 Å². The molecule has 1 heterocycles. The predicted octanol–water partition coefficient (Wildman–Crippen LogP) is 3.15.